The van der Waals surface area contributed by atoms with E-state index in [0.717, 1.165) is 50.2 Å². The van der Waals surface area contributed by atoms with Crippen LogP contribution in [-0.2, 0) is 11.3 Å². The van der Waals surface area contributed by atoms with Gasteiger partial charge < -0.3 is 19.9 Å². The van der Waals surface area contributed by atoms with Crippen LogP contribution in [0.25, 0.3) is 0 Å². The Hall–Kier alpha value is -2.43. The Kier molecular flexibility index (Phi) is 9.78. The number of nitrogens with zero attached hydrogens (tertiary/aromatic N) is 5. The molecule has 0 saturated carbocycles. The number of aromatic nitrogens is 2. The van der Waals surface area contributed by atoms with Crippen molar-refractivity contribution in [3.8, 4) is 0 Å². The number of benzene rings is 1. The molecule has 0 atom stereocenters. The molecule has 0 amide bonds. The lowest BCUT2D eigenvalue weighted by Gasteiger charge is -2.36. The van der Waals surface area contributed by atoms with Gasteiger partial charge in [-0.3, -0.25) is 0 Å². The Morgan fingerprint density at radius 3 is 2.37 bits per heavy atom. The smallest absolute Gasteiger partial charge is 0.338 e. The average Bonchev–Trinajstić information content (AvgIpc) is 2.78. The predicted octanol–water partition coefficient (Wildman–Crippen LogP) is 2.56. The van der Waals surface area contributed by atoms with Crippen molar-refractivity contribution >= 4 is 41.9 Å². The molecule has 0 radical (unpaired) electrons. The summed E-state index contributed by atoms with van der Waals surface area (Å²) in [4.78, 5) is 29.7. The molecule has 1 aliphatic rings. The molecule has 0 unspecified atom stereocenters. The van der Waals surface area contributed by atoms with Gasteiger partial charge in [-0.2, -0.15) is 0 Å². The monoisotopic (exact) mass is 524 g/mol. The van der Waals surface area contributed by atoms with Crippen LogP contribution in [0.15, 0.2) is 47.7 Å². The summed E-state index contributed by atoms with van der Waals surface area (Å²) >= 11 is 0. The second-order valence-electron chi connectivity index (χ2n) is 6.61. The van der Waals surface area contributed by atoms with Gasteiger partial charge >= 0.3 is 5.97 Å². The predicted molar refractivity (Wildman–Crippen MR) is 128 cm³/mol. The molecular formula is C21H29IN6O2. The number of hydrogen-bond donors (Lipinski definition) is 1. The fourth-order valence-corrected chi connectivity index (χ4v) is 3.13. The number of carbonyl (C=O) groups excluding carboxylic acids is 1. The van der Waals surface area contributed by atoms with E-state index in [9.17, 15) is 4.79 Å². The highest BCUT2D eigenvalue weighted by Crippen LogP contribution is 2.11. The van der Waals surface area contributed by atoms with Crippen molar-refractivity contribution in [3.63, 3.8) is 0 Å². The van der Waals surface area contributed by atoms with Crippen LogP contribution in [-0.4, -0.2) is 66.1 Å². The molecule has 3 rings (SSSR count). The average molecular weight is 524 g/mol. The van der Waals surface area contributed by atoms with Gasteiger partial charge in [-0.15, -0.1) is 24.0 Å². The molecule has 1 aliphatic heterocycles. The molecule has 0 spiro atoms. The first-order valence-electron chi connectivity index (χ1n) is 10.0. The minimum absolute atomic E-state index is 0. The summed E-state index contributed by atoms with van der Waals surface area (Å²) in [5.74, 6) is 1.38. The van der Waals surface area contributed by atoms with Gasteiger partial charge in [0.1, 0.15) is 0 Å². The van der Waals surface area contributed by atoms with Crippen LogP contribution in [0.2, 0.25) is 0 Å². The number of carbonyl (C=O) groups is 1. The maximum absolute atomic E-state index is 11.8. The zero-order valence-electron chi connectivity index (χ0n) is 17.5. The molecule has 8 nitrogen and oxygen atoms in total. The van der Waals surface area contributed by atoms with E-state index in [4.69, 9.17) is 9.73 Å². The van der Waals surface area contributed by atoms with Crippen molar-refractivity contribution < 1.29 is 9.53 Å². The molecule has 1 fully saturated rings. The third kappa shape index (κ3) is 6.54. The Bertz CT molecular complexity index is 808. The number of aliphatic imine (C=N–C) groups is 1. The van der Waals surface area contributed by atoms with Crippen LogP contribution in [0.4, 0.5) is 5.95 Å². The normalized spacial score (nSPS) is 14.1. The van der Waals surface area contributed by atoms with Crippen LogP contribution in [0, 0.1) is 0 Å². The summed E-state index contributed by atoms with van der Waals surface area (Å²) in [6.45, 7) is 9.01. The molecular weight excluding hydrogens is 495 g/mol. The number of ether oxygens (including phenoxy) is 1. The largest absolute Gasteiger partial charge is 0.462 e. The first-order valence-corrected chi connectivity index (χ1v) is 10.0. The molecule has 1 aromatic heterocycles. The number of nitrogens with one attached hydrogen (secondary N) is 1. The number of halogens is 1. The van der Waals surface area contributed by atoms with Crippen LogP contribution in [0.5, 0.6) is 0 Å². The minimum atomic E-state index is -0.295. The van der Waals surface area contributed by atoms with Gasteiger partial charge in [0, 0.05) is 45.1 Å². The van der Waals surface area contributed by atoms with Gasteiger partial charge in [-0.1, -0.05) is 12.1 Å². The molecule has 30 heavy (non-hydrogen) atoms. The van der Waals surface area contributed by atoms with Gasteiger partial charge in [-0.05, 0) is 37.6 Å². The van der Waals surface area contributed by atoms with E-state index in [1.165, 1.54) is 0 Å². The zero-order chi connectivity index (χ0) is 20.5. The molecule has 1 N–H and O–H groups in total. The third-order valence-corrected chi connectivity index (χ3v) is 4.63. The first kappa shape index (κ1) is 23.8. The molecule has 9 heteroatoms. The maximum atomic E-state index is 11.8. The Morgan fingerprint density at radius 2 is 1.77 bits per heavy atom. The van der Waals surface area contributed by atoms with E-state index >= 15 is 0 Å². The van der Waals surface area contributed by atoms with Crippen molar-refractivity contribution in [2.75, 3.05) is 44.2 Å². The SMILES string of the molecule is CCNC(=NCc1ccc(C(=O)OCC)cc1)N1CCN(c2ncccn2)CC1.I. The summed E-state index contributed by atoms with van der Waals surface area (Å²) in [6, 6.07) is 9.24. The lowest BCUT2D eigenvalue weighted by atomic mass is 10.1. The Labute approximate surface area is 194 Å². The van der Waals surface area contributed by atoms with Crippen molar-refractivity contribution in [3.05, 3.63) is 53.9 Å². The van der Waals surface area contributed by atoms with Gasteiger partial charge in [0.2, 0.25) is 5.95 Å². The topological polar surface area (TPSA) is 83.0 Å². The zero-order valence-corrected chi connectivity index (χ0v) is 19.8. The summed E-state index contributed by atoms with van der Waals surface area (Å²) in [5.41, 5.74) is 1.61. The molecule has 2 heterocycles. The molecule has 1 aromatic carbocycles. The second kappa shape index (κ2) is 12.3. The van der Waals surface area contributed by atoms with Gasteiger partial charge in [0.05, 0.1) is 18.7 Å². The van der Waals surface area contributed by atoms with Crippen molar-refractivity contribution in [1.82, 2.24) is 20.2 Å². The van der Waals surface area contributed by atoms with Gasteiger partial charge in [-0.25, -0.2) is 19.8 Å². The molecule has 0 bridgehead atoms. The molecule has 1 saturated heterocycles. The van der Waals surface area contributed by atoms with Gasteiger partial charge in [0.15, 0.2) is 5.96 Å². The lowest BCUT2D eigenvalue weighted by molar-refractivity contribution is 0.0526. The third-order valence-electron chi connectivity index (χ3n) is 4.63. The highest BCUT2D eigenvalue weighted by atomic mass is 127. The lowest BCUT2D eigenvalue weighted by Crippen LogP contribution is -2.52. The maximum Gasteiger partial charge on any atom is 0.338 e. The highest BCUT2D eigenvalue weighted by molar-refractivity contribution is 14.0. The van der Waals surface area contributed by atoms with E-state index in [0.29, 0.717) is 18.7 Å². The van der Waals surface area contributed by atoms with Crippen molar-refractivity contribution in [2.45, 2.75) is 20.4 Å². The van der Waals surface area contributed by atoms with Crippen LogP contribution < -0.4 is 10.2 Å². The Morgan fingerprint density at radius 1 is 1.10 bits per heavy atom. The summed E-state index contributed by atoms with van der Waals surface area (Å²) in [6.07, 6.45) is 3.54. The van der Waals surface area contributed by atoms with Crippen LogP contribution in [0.3, 0.4) is 0 Å². The second-order valence-corrected chi connectivity index (χ2v) is 6.61. The number of rotatable bonds is 6. The molecule has 162 valence electrons. The summed E-state index contributed by atoms with van der Waals surface area (Å²) in [7, 11) is 0. The minimum Gasteiger partial charge on any atom is -0.462 e. The van der Waals surface area contributed by atoms with Crippen molar-refractivity contribution in [1.29, 1.82) is 0 Å². The summed E-state index contributed by atoms with van der Waals surface area (Å²) < 4.78 is 5.02. The quantitative estimate of drug-likeness (QED) is 0.269. The fraction of sp³-hybridized carbons (Fsp3) is 0.429. The van der Waals surface area contributed by atoms with E-state index < -0.39 is 0 Å². The van der Waals surface area contributed by atoms with E-state index in [1.807, 2.05) is 18.2 Å². The fourth-order valence-electron chi connectivity index (χ4n) is 3.13. The van der Waals surface area contributed by atoms with Crippen molar-refractivity contribution in [2.24, 2.45) is 4.99 Å². The number of hydrogen-bond acceptors (Lipinski definition) is 6. The number of esters is 1. The first-order chi connectivity index (χ1) is 14.2. The van der Waals surface area contributed by atoms with E-state index in [1.54, 1.807) is 31.5 Å². The molecule has 2 aromatic rings. The van der Waals surface area contributed by atoms with Crippen LogP contribution in [0.1, 0.15) is 29.8 Å². The number of piperazine rings is 1. The molecule has 0 aliphatic carbocycles. The summed E-state index contributed by atoms with van der Waals surface area (Å²) in [5, 5.41) is 3.38. The number of anilines is 1. The standard InChI is InChI=1S/C21H28N6O2.HI/c1-3-22-20(25-16-17-6-8-18(9-7-17)19(28)29-4-2)26-12-14-27(15-13-26)21-23-10-5-11-24-21;/h5-11H,3-4,12-16H2,1-2H3,(H,22,25);1H. The van der Waals surface area contributed by atoms with E-state index in [2.05, 4.69) is 32.0 Å². The number of guanidine groups is 1. The van der Waals surface area contributed by atoms with E-state index in [-0.39, 0.29) is 29.9 Å². The van der Waals surface area contributed by atoms with Gasteiger partial charge in [0.25, 0.3) is 0 Å². The Balaban J connectivity index is 0.00000320. The van der Waals surface area contributed by atoms with Crippen LogP contribution >= 0.6 is 24.0 Å². The highest BCUT2D eigenvalue weighted by Gasteiger charge is 2.21.